The second kappa shape index (κ2) is 5.48. The molecule has 1 spiro atoms. The van der Waals surface area contributed by atoms with Crippen LogP contribution in [-0.2, 0) is 6.54 Å². The van der Waals surface area contributed by atoms with Crippen LogP contribution in [0, 0.1) is 0 Å². The summed E-state index contributed by atoms with van der Waals surface area (Å²) in [6.07, 6.45) is 9.21. The third-order valence-electron chi connectivity index (χ3n) is 4.58. The standard InChI is InChI=1S/C17H20N4O/c1-4-8-17(9-5-1)16(19-11-13-10-18-12-22-13)20-14-6-2-3-7-15(14)21-17/h2-3,6-7,10,12,21H,1,4-5,8-9,11H2,(H,19,20). The Bertz CT molecular complexity index is 672. The highest BCUT2D eigenvalue weighted by atomic mass is 16.3. The first-order valence-corrected chi connectivity index (χ1v) is 7.93. The van der Waals surface area contributed by atoms with Crippen LogP contribution < -0.4 is 10.6 Å². The van der Waals surface area contributed by atoms with Crippen LogP contribution in [-0.4, -0.2) is 16.4 Å². The average Bonchev–Trinajstić information content (AvgIpc) is 3.07. The second-order valence-corrected chi connectivity index (χ2v) is 6.07. The molecule has 5 heteroatoms. The lowest BCUT2D eigenvalue weighted by atomic mass is 9.79. The highest BCUT2D eigenvalue weighted by Gasteiger charge is 2.40. The number of amidine groups is 1. The van der Waals surface area contributed by atoms with Crippen molar-refractivity contribution in [3.05, 3.63) is 42.6 Å². The number of anilines is 1. The van der Waals surface area contributed by atoms with E-state index in [0.29, 0.717) is 6.54 Å². The van der Waals surface area contributed by atoms with E-state index in [0.717, 1.165) is 35.8 Å². The van der Waals surface area contributed by atoms with Crippen LogP contribution in [0.3, 0.4) is 0 Å². The number of rotatable bonds is 2. The lowest BCUT2D eigenvalue weighted by Crippen LogP contribution is -2.54. The summed E-state index contributed by atoms with van der Waals surface area (Å²) in [4.78, 5) is 8.87. The summed E-state index contributed by atoms with van der Waals surface area (Å²) in [7, 11) is 0. The fraction of sp³-hybridized carbons (Fsp3) is 0.412. The van der Waals surface area contributed by atoms with E-state index in [1.807, 2.05) is 12.1 Å². The van der Waals surface area contributed by atoms with Gasteiger partial charge >= 0.3 is 0 Å². The van der Waals surface area contributed by atoms with Crippen molar-refractivity contribution in [1.29, 1.82) is 0 Å². The molecule has 0 bridgehead atoms. The molecule has 1 fully saturated rings. The predicted octanol–water partition coefficient (Wildman–Crippen LogP) is 3.62. The highest BCUT2D eigenvalue weighted by molar-refractivity contribution is 6.00. The minimum absolute atomic E-state index is 0.0629. The Labute approximate surface area is 129 Å². The molecule has 0 unspecified atom stereocenters. The SMILES string of the molecule is c1ccc2c(c1)N=C(NCc1cnco1)C1(CCCCC1)N2. The van der Waals surface area contributed by atoms with Crippen LogP contribution in [0.1, 0.15) is 37.9 Å². The molecule has 0 amide bonds. The first kappa shape index (κ1) is 13.4. The van der Waals surface area contributed by atoms with E-state index >= 15 is 0 Å². The van der Waals surface area contributed by atoms with Crippen LogP contribution in [0.5, 0.6) is 0 Å². The Balaban J connectivity index is 1.65. The zero-order chi connectivity index (χ0) is 14.8. The van der Waals surface area contributed by atoms with E-state index in [2.05, 4.69) is 27.8 Å². The van der Waals surface area contributed by atoms with E-state index in [4.69, 9.17) is 9.41 Å². The van der Waals surface area contributed by atoms with Gasteiger partial charge in [-0.1, -0.05) is 31.4 Å². The van der Waals surface area contributed by atoms with Crippen LogP contribution in [0.4, 0.5) is 11.4 Å². The van der Waals surface area contributed by atoms with Crippen molar-refractivity contribution in [2.75, 3.05) is 5.32 Å². The third-order valence-corrected chi connectivity index (χ3v) is 4.58. The Hall–Kier alpha value is -2.30. The molecule has 0 radical (unpaired) electrons. The predicted molar refractivity (Wildman–Crippen MR) is 86.3 cm³/mol. The number of aromatic nitrogens is 1. The Morgan fingerprint density at radius 3 is 2.86 bits per heavy atom. The number of nitrogens with zero attached hydrogens (tertiary/aromatic N) is 2. The fourth-order valence-corrected chi connectivity index (χ4v) is 3.45. The lowest BCUT2D eigenvalue weighted by Gasteiger charge is -2.42. The van der Waals surface area contributed by atoms with Crippen LogP contribution in [0.25, 0.3) is 0 Å². The first-order valence-electron chi connectivity index (χ1n) is 7.93. The molecule has 1 aliphatic heterocycles. The Morgan fingerprint density at radius 1 is 1.18 bits per heavy atom. The van der Waals surface area contributed by atoms with Gasteiger partial charge in [0.2, 0.25) is 0 Å². The van der Waals surface area contributed by atoms with Gasteiger partial charge in [-0.25, -0.2) is 9.98 Å². The van der Waals surface area contributed by atoms with Gasteiger partial charge in [-0.2, -0.15) is 0 Å². The smallest absolute Gasteiger partial charge is 0.180 e. The van der Waals surface area contributed by atoms with Gasteiger partial charge in [-0.3, -0.25) is 0 Å². The number of hydrogen-bond acceptors (Lipinski definition) is 5. The molecule has 1 aliphatic carbocycles. The Morgan fingerprint density at radius 2 is 2.05 bits per heavy atom. The van der Waals surface area contributed by atoms with E-state index in [1.165, 1.54) is 25.7 Å². The van der Waals surface area contributed by atoms with Crippen LogP contribution in [0.15, 0.2) is 46.3 Å². The number of benzene rings is 1. The van der Waals surface area contributed by atoms with Crippen molar-refractivity contribution in [3.63, 3.8) is 0 Å². The summed E-state index contributed by atoms with van der Waals surface area (Å²) in [5.74, 6) is 1.86. The minimum atomic E-state index is -0.0629. The molecule has 22 heavy (non-hydrogen) atoms. The zero-order valence-electron chi connectivity index (χ0n) is 12.5. The van der Waals surface area contributed by atoms with Gasteiger partial charge in [0, 0.05) is 0 Å². The van der Waals surface area contributed by atoms with Crippen LogP contribution in [0.2, 0.25) is 0 Å². The summed E-state index contributed by atoms with van der Waals surface area (Å²) in [5.41, 5.74) is 2.07. The molecule has 2 aromatic rings. The molecule has 2 heterocycles. The molecule has 2 aliphatic rings. The molecule has 1 saturated carbocycles. The summed E-state index contributed by atoms with van der Waals surface area (Å²) >= 11 is 0. The normalized spacial score (nSPS) is 19.2. The number of hydrogen-bond donors (Lipinski definition) is 2. The lowest BCUT2D eigenvalue weighted by molar-refractivity contribution is 0.394. The number of aliphatic imine (C=N–C) groups is 1. The molecule has 1 aromatic carbocycles. The van der Waals surface area contributed by atoms with E-state index in [-0.39, 0.29) is 5.54 Å². The van der Waals surface area contributed by atoms with Crippen molar-refractivity contribution >= 4 is 17.2 Å². The minimum Gasteiger partial charge on any atom is -0.447 e. The van der Waals surface area contributed by atoms with Crippen molar-refractivity contribution in [2.24, 2.45) is 4.99 Å². The molecule has 114 valence electrons. The number of oxazole rings is 1. The summed E-state index contributed by atoms with van der Waals surface area (Å²) < 4.78 is 5.32. The van der Waals surface area contributed by atoms with Gasteiger partial charge in [-0.05, 0) is 25.0 Å². The topological polar surface area (TPSA) is 62.5 Å². The first-order chi connectivity index (χ1) is 10.9. The quantitative estimate of drug-likeness (QED) is 0.888. The summed E-state index contributed by atoms with van der Waals surface area (Å²) in [5, 5.41) is 7.23. The van der Waals surface area contributed by atoms with Crippen molar-refractivity contribution in [2.45, 2.75) is 44.2 Å². The molecular weight excluding hydrogens is 276 g/mol. The molecular formula is C17H20N4O. The monoisotopic (exact) mass is 296 g/mol. The van der Waals surface area contributed by atoms with Crippen LogP contribution >= 0.6 is 0 Å². The van der Waals surface area contributed by atoms with Gasteiger partial charge in [-0.15, -0.1) is 0 Å². The van der Waals surface area contributed by atoms with Crippen molar-refractivity contribution in [3.8, 4) is 0 Å². The van der Waals surface area contributed by atoms with E-state index < -0.39 is 0 Å². The molecule has 0 saturated heterocycles. The molecule has 1 aromatic heterocycles. The second-order valence-electron chi connectivity index (χ2n) is 6.07. The van der Waals surface area contributed by atoms with Gasteiger partial charge in [0.15, 0.2) is 6.39 Å². The van der Waals surface area contributed by atoms with Crippen molar-refractivity contribution in [1.82, 2.24) is 10.3 Å². The number of para-hydroxylation sites is 2. The highest BCUT2D eigenvalue weighted by Crippen LogP contribution is 2.40. The molecule has 5 nitrogen and oxygen atoms in total. The number of nitrogens with one attached hydrogen (secondary N) is 2. The van der Waals surface area contributed by atoms with Gasteiger partial charge in [0.25, 0.3) is 0 Å². The molecule has 4 rings (SSSR count). The summed E-state index contributed by atoms with van der Waals surface area (Å²) in [6, 6.07) is 8.25. The third kappa shape index (κ3) is 2.36. The van der Waals surface area contributed by atoms with Gasteiger partial charge < -0.3 is 15.1 Å². The van der Waals surface area contributed by atoms with Gasteiger partial charge in [0.05, 0.1) is 29.7 Å². The maximum Gasteiger partial charge on any atom is 0.180 e. The fourth-order valence-electron chi connectivity index (χ4n) is 3.45. The Kier molecular flexibility index (Phi) is 3.33. The molecule has 0 atom stereocenters. The maximum atomic E-state index is 5.32. The van der Waals surface area contributed by atoms with Gasteiger partial charge in [0.1, 0.15) is 11.6 Å². The number of fused-ring (bicyclic) bond motifs is 1. The summed E-state index contributed by atoms with van der Waals surface area (Å²) in [6.45, 7) is 0.616. The molecule has 2 N–H and O–H groups in total. The van der Waals surface area contributed by atoms with E-state index in [9.17, 15) is 0 Å². The maximum absolute atomic E-state index is 5.32. The largest absolute Gasteiger partial charge is 0.447 e. The van der Waals surface area contributed by atoms with E-state index in [1.54, 1.807) is 6.20 Å². The average molecular weight is 296 g/mol. The van der Waals surface area contributed by atoms with Crippen molar-refractivity contribution < 1.29 is 4.42 Å². The zero-order valence-corrected chi connectivity index (χ0v) is 12.5.